The summed E-state index contributed by atoms with van der Waals surface area (Å²) in [5.74, 6) is 0.876. The maximum absolute atomic E-state index is 5.55. The van der Waals surface area contributed by atoms with Gasteiger partial charge in [0.2, 0.25) is 0 Å². The molecule has 0 aromatic heterocycles. The van der Waals surface area contributed by atoms with Gasteiger partial charge >= 0.3 is 0 Å². The predicted molar refractivity (Wildman–Crippen MR) is 66.9 cm³/mol. The van der Waals surface area contributed by atoms with Crippen LogP contribution in [0.15, 0.2) is 24.3 Å². The third-order valence-electron chi connectivity index (χ3n) is 2.02. The van der Waals surface area contributed by atoms with E-state index in [4.69, 9.17) is 13.8 Å². The Hall–Kier alpha value is -0.630. The van der Waals surface area contributed by atoms with Gasteiger partial charge in [-0.1, -0.05) is 12.1 Å². The Balaban J connectivity index is 2.54. The summed E-state index contributed by atoms with van der Waals surface area (Å²) in [7, 11) is 0.877. The summed E-state index contributed by atoms with van der Waals surface area (Å²) >= 11 is 0. The Morgan fingerprint density at radius 3 is 2.00 bits per heavy atom. The van der Waals surface area contributed by atoms with Gasteiger partial charge in [-0.2, -0.15) is 0 Å². The van der Waals surface area contributed by atoms with Crippen molar-refractivity contribution in [3.05, 3.63) is 29.8 Å². The minimum Gasteiger partial charge on any atom is -0.497 e. The van der Waals surface area contributed by atoms with Crippen LogP contribution < -0.4 is 4.74 Å². The molecule has 0 radical (unpaired) electrons. The lowest BCUT2D eigenvalue weighted by atomic mass is 10.2. The highest BCUT2D eigenvalue weighted by atomic mass is 31.2. The fourth-order valence-electron chi connectivity index (χ4n) is 1.30. The van der Waals surface area contributed by atoms with Crippen molar-refractivity contribution in [3.8, 4) is 5.75 Å². The van der Waals surface area contributed by atoms with Crippen LogP contribution in [0.25, 0.3) is 0 Å². The molecule has 0 aliphatic carbocycles. The summed E-state index contributed by atoms with van der Waals surface area (Å²) in [6, 6.07) is 8.01. The first-order valence-corrected chi connectivity index (χ1v) is 6.82. The van der Waals surface area contributed by atoms with Gasteiger partial charge in [-0.05, 0) is 31.5 Å². The maximum Gasteiger partial charge on any atom is 0.175 e. The van der Waals surface area contributed by atoms with E-state index in [9.17, 15) is 0 Å². The fourth-order valence-corrected chi connectivity index (χ4v) is 2.64. The van der Waals surface area contributed by atoms with E-state index < -0.39 is 8.38 Å². The normalized spacial score (nSPS) is 10.8. The first kappa shape index (κ1) is 13.4. The van der Waals surface area contributed by atoms with E-state index >= 15 is 0 Å². The lowest BCUT2D eigenvalue weighted by Gasteiger charge is -2.15. The zero-order valence-corrected chi connectivity index (χ0v) is 11.0. The highest BCUT2D eigenvalue weighted by Crippen LogP contribution is 2.41. The van der Waals surface area contributed by atoms with Crippen molar-refractivity contribution in [1.82, 2.24) is 0 Å². The molecule has 0 spiro atoms. The molecule has 4 heteroatoms. The van der Waals surface area contributed by atoms with Crippen molar-refractivity contribution >= 4 is 8.38 Å². The first-order chi connectivity index (χ1) is 7.80. The molecule has 0 saturated heterocycles. The maximum atomic E-state index is 5.55. The van der Waals surface area contributed by atoms with Gasteiger partial charge in [-0.25, -0.2) is 0 Å². The van der Waals surface area contributed by atoms with Gasteiger partial charge in [-0.3, -0.25) is 0 Å². The molecule has 0 aliphatic heterocycles. The molecule has 0 fully saturated rings. The highest BCUT2D eigenvalue weighted by Gasteiger charge is 2.09. The number of hydrogen-bond acceptors (Lipinski definition) is 3. The SMILES string of the molecule is CCOP(Cc1ccc(OC)cc1)OCC. The molecule has 0 unspecified atom stereocenters. The molecule has 1 aromatic carbocycles. The molecule has 0 amide bonds. The van der Waals surface area contributed by atoms with E-state index in [1.165, 1.54) is 5.56 Å². The number of ether oxygens (including phenoxy) is 1. The van der Waals surface area contributed by atoms with Gasteiger partial charge in [-0.15, -0.1) is 0 Å². The molecule has 0 N–H and O–H groups in total. The Bertz CT molecular complexity index is 281. The van der Waals surface area contributed by atoms with E-state index in [1.807, 2.05) is 38.1 Å². The average Bonchev–Trinajstić information content (AvgIpc) is 2.31. The Morgan fingerprint density at radius 1 is 1.00 bits per heavy atom. The first-order valence-electron chi connectivity index (χ1n) is 5.46. The average molecular weight is 242 g/mol. The van der Waals surface area contributed by atoms with Crippen molar-refractivity contribution in [2.45, 2.75) is 20.0 Å². The highest BCUT2D eigenvalue weighted by molar-refractivity contribution is 7.46. The van der Waals surface area contributed by atoms with E-state index in [-0.39, 0.29) is 0 Å². The van der Waals surface area contributed by atoms with Gasteiger partial charge < -0.3 is 13.8 Å². The second-order valence-electron chi connectivity index (χ2n) is 3.17. The minimum atomic E-state index is -0.792. The van der Waals surface area contributed by atoms with Crippen molar-refractivity contribution in [2.75, 3.05) is 20.3 Å². The third kappa shape index (κ3) is 4.48. The van der Waals surface area contributed by atoms with Gasteiger partial charge in [0.05, 0.1) is 20.3 Å². The van der Waals surface area contributed by atoms with Gasteiger partial charge in [0.15, 0.2) is 8.38 Å². The van der Waals surface area contributed by atoms with E-state index in [0.29, 0.717) is 13.2 Å². The summed E-state index contributed by atoms with van der Waals surface area (Å²) in [5, 5.41) is 0. The van der Waals surface area contributed by atoms with E-state index in [2.05, 4.69) is 0 Å². The van der Waals surface area contributed by atoms with Crippen molar-refractivity contribution in [2.24, 2.45) is 0 Å². The molecule has 1 rings (SSSR count). The zero-order valence-electron chi connectivity index (χ0n) is 10.1. The summed E-state index contributed by atoms with van der Waals surface area (Å²) in [5.41, 5.74) is 1.22. The van der Waals surface area contributed by atoms with Crippen LogP contribution in [0.3, 0.4) is 0 Å². The van der Waals surface area contributed by atoms with Crippen LogP contribution in [0.2, 0.25) is 0 Å². The van der Waals surface area contributed by atoms with Crippen LogP contribution in [-0.2, 0) is 15.2 Å². The molecule has 90 valence electrons. The second kappa shape index (κ2) is 7.61. The topological polar surface area (TPSA) is 27.7 Å². The molecule has 0 atom stereocenters. The lowest BCUT2D eigenvalue weighted by molar-refractivity contribution is 0.268. The summed E-state index contributed by atoms with van der Waals surface area (Å²) in [6.45, 7) is 5.37. The smallest absolute Gasteiger partial charge is 0.175 e. The molecule has 3 nitrogen and oxygen atoms in total. The fraction of sp³-hybridized carbons (Fsp3) is 0.500. The van der Waals surface area contributed by atoms with Crippen molar-refractivity contribution in [3.63, 3.8) is 0 Å². The van der Waals surface area contributed by atoms with Crippen LogP contribution >= 0.6 is 8.38 Å². The van der Waals surface area contributed by atoms with Gasteiger partial charge in [0, 0.05) is 6.16 Å². The monoisotopic (exact) mass is 242 g/mol. The summed E-state index contributed by atoms with van der Waals surface area (Å²) in [4.78, 5) is 0. The number of hydrogen-bond donors (Lipinski definition) is 0. The van der Waals surface area contributed by atoms with Crippen LogP contribution in [0.5, 0.6) is 5.75 Å². The molecule has 1 aromatic rings. The number of benzene rings is 1. The predicted octanol–water partition coefficient (Wildman–Crippen LogP) is 3.58. The van der Waals surface area contributed by atoms with Gasteiger partial charge in [0.1, 0.15) is 5.75 Å². The Morgan fingerprint density at radius 2 is 1.56 bits per heavy atom. The summed E-state index contributed by atoms with van der Waals surface area (Å²) in [6.07, 6.45) is 0.834. The van der Waals surface area contributed by atoms with Gasteiger partial charge in [0.25, 0.3) is 0 Å². The van der Waals surface area contributed by atoms with Crippen molar-refractivity contribution < 1.29 is 13.8 Å². The van der Waals surface area contributed by atoms with Crippen LogP contribution in [0.4, 0.5) is 0 Å². The molecular weight excluding hydrogens is 223 g/mol. The standard InChI is InChI=1S/C12H19O3P/c1-4-14-16(15-5-2)10-11-6-8-12(13-3)9-7-11/h6-9H,4-5,10H2,1-3H3. The zero-order chi connectivity index (χ0) is 11.8. The second-order valence-corrected chi connectivity index (χ2v) is 4.67. The quantitative estimate of drug-likeness (QED) is 0.684. The molecule has 16 heavy (non-hydrogen) atoms. The van der Waals surface area contributed by atoms with Crippen molar-refractivity contribution in [1.29, 1.82) is 0 Å². The molecule has 0 saturated carbocycles. The Labute approximate surface area is 98.6 Å². The third-order valence-corrected chi connectivity index (χ3v) is 3.73. The minimum absolute atomic E-state index is 0.696. The van der Waals surface area contributed by atoms with E-state index in [0.717, 1.165) is 11.9 Å². The molecule has 0 aliphatic rings. The van der Waals surface area contributed by atoms with E-state index in [1.54, 1.807) is 7.11 Å². The van der Waals surface area contributed by atoms with Crippen LogP contribution in [0, 0.1) is 0 Å². The lowest BCUT2D eigenvalue weighted by Crippen LogP contribution is -1.94. The molecule has 0 heterocycles. The Kier molecular flexibility index (Phi) is 6.39. The van der Waals surface area contributed by atoms with Crippen LogP contribution in [-0.4, -0.2) is 20.3 Å². The van der Waals surface area contributed by atoms with Crippen LogP contribution in [0.1, 0.15) is 19.4 Å². The molecule has 0 bridgehead atoms. The largest absolute Gasteiger partial charge is 0.497 e. The molecular formula is C12H19O3P. The summed E-state index contributed by atoms with van der Waals surface area (Å²) < 4.78 is 16.2. The number of rotatable bonds is 7. The number of methoxy groups -OCH3 is 1.